The molecule has 6 nitrogen and oxygen atoms in total. The van der Waals surface area contributed by atoms with Crippen LogP contribution in [-0.2, 0) is 4.74 Å². The summed E-state index contributed by atoms with van der Waals surface area (Å²) in [5, 5.41) is 15.9. The van der Waals surface area contributed by atoms with E-state index in [0.29, 0.717) is 12.2 Å². The Morgan fingerprint density at radius 3 is 2.91 bits per heavy atom. The van der Waals surface area contributed by atoms with Gasteiger partial charge in [0.2, 0.25) is 0 Å². The predicted molar refractivity (Wildman–Crippen MR) is 87.1 cm³/mol. The fraction of sp³-hybridized carbons (Fsp3) is 0.706. The van der Waals surface area contributed by atoms with Crippen molar-refractivity contribution >= 4 is 6.03 Å². The fourth-order valence-corrected chi connectivity index (χ4v) is 3.15. The molecule has 0 spiro atoms. The molecule has 0 aliphatic heterocycles. The summed E-state index contributed by atoms with van der Waals surface area (Å²) in [5.41, 5.74) is 0. The van der Waals surface area contributed by atoms with Crippen LogP contribution in [0.1, 0.15) is 57.3 Å². The lowest BCUT2D eigenvalue weighted by Gasteiger charge is -2.26. The second kappa shape index (κ2) is 8.93. The second-order valence-electron chi connectivity index (χ2n) is 6.30. The molecule has 23 heavy (non-hydrogen) atoms. The molecular weight excluding hydrogens is 296 g/mol. The first-order valence-electron chi connectivity index (χ1n) is 8.41. The van der Waals surface area contributed by atoms with Gasteiger partial charge in [-0.05, 0) is 31.9 Å². The Kier molecular flexibility index (Phi) is 6.92. The lowest BCUT2D eigenvalue weighted by Crippen LogP contribution is -2.50. The highest BCUT2D eigenvalue weighted by Gasteiger charge is 2.25. The van der Waals surface area contributed by atoms with Crippen LogP contribution in [0.3, 0.4) is 0 Å². The molecule has 1 aromatic rings. The maximum absolute atomic E-state index is 12.2. The van der Waals surface area contributed by atoms with E-state index in [1.165, 1.54) is 12.7 Å². The molecule has 1 aliphatic carbocycles. The van der Waals surface area contributed by atoms with Gasteiger partial charge in [-0.15, -0.1) is 0 Å². The maximum Gasteiger partial charge on any atom is 0.315 e. The van der Waals surface area contributed by atoms with E-state index in [1.807, 2.05) is 6.92 Å². The van der Waals surface area contributed by atoms with E-state index in [2.05, 4.69) is 10.6 Å². The highest BCUT2D eigenvalue weighted by molar-refractivity contribution is 5.74. The van der Waals surface area contributed by atoms with Crippen LogP contribution in [0, 0.1) is 0 Å². The van der Waals surface area contributed by atoms with Gasteiger partial charge in [0, 0.05) is 19.6 Å². The number of hydrogen-bond acceptors (Lipinski definition) is 4. The van der Waals surface area contributed by atoms with Crippen molar-refractivity contribution in [3.8, 4) is 0 Å². The van der Waals surface area contributed by atoms with Crippen molar-refractivity contribution in [2.45, 2.75) is 69.7 Å². The van der Waals surface area contributed by atoms with Crippen molar-refractivity contribution in [1.29, 1.82) is 0 Å². The van der Waals surface area contributed by atoms with E-state index in [4.69, 9.17) is 9.15 Å². The Bertz CT molecular complexity index is 463. The molecule has 130 valence electrons. The van der Waals surface area contributed by atoms with Crippen LogP contribution >= 0.6 is 0 Å². The number of carbonyl (C=O) groups excluding carboxylic acids is 1. The van der Waals surface area contributed by atoms with Gasteiger partial charge in [-0.1, -0.05) is 19.3 Å². The van der Waals surface area contributed by atoms with Crippen molar-refractivity contribution in [3.05, 3.63) is 24.2 Å². The zero-order valence-corrected chi connectivity index (χ0v) is 14.0. The summed E-state index contributed by atoms with van der Waals surface area (Å²) in [6.45, 7) is 1.87. The summed E-state index contributed by atoms with van der Waals surface area (Å²) in [7, 11) is 1.70. The molecule has 1 heterocycles. The molecule has 1 aromatic heterocycles. The minimum Gasteiger partial charge on any atom is -0.467 e. The highest BCUT2D eigenvalue weighted by Crippen LogP contribution is 2.21. The number of hydrogen-bond donors (Lipinski definition) is 3. The monoisotopic (exact) mass is 324 g/mol. The lowest BCUT2D eigenvalue weighted by atomic mass is 10.1. The second-order valence-corrected chi connectivity index (χ2v) is 6.30. The minimum absolute atomic E-state index is 0.0460. The Balaban J connectivity index is 1.78. The molecule has 0 bridgehead atoms. The average molecular weight is 324 g/mol. The molecule has 1 aliphatic rings. The molecule has 0 aromatic carbocycles. The van der Waals surface area contributed by atoms with Crippen LogP contribution in [0.25, 0.3) is 0 Å². The van der Waals surface area contributed by atoms with Crippen LogP contribution in [0.15, 0.2) is 22.8 Å². The first-order valence-corrected chi connectivity index (χ1v) is 8.41. The Hall–Kier alpha value is -1.53. The van der Waals surface area contributed by atoms with Crippen LogP contribution in [0.4, 0.5) is 4.79 Å². The molecule has 2 amide bonds. The van der Waals surface area contributed by atoms with Crippen molar-refractivity contribution in [1.82, 2.24) is 10.6 Å². The van der Waals surface area contributed by atoms with Gasteiger partial charge in [-0.25, -0.2) is 4.79 Å². The molecular formula is C17H28N2O4. The van der Waals surface area contributed by atoms with Gasteiger partial charge in [0.15, 0.2) is 0 Å². The number of rotatable bonds is 6. The number of aliphatic hydroxyl groups is 1. The maximum atomic E-state index is 12.2. The Morgan fingerprint density at radius 2 is 2.22 bits per heavy atom. The fourth-order valence-electron chi connectivity index (χ4n) is 3.15. The number of nitrogens with one attached hydrogen (secondary N) is 2. The topological polar surface area (TPSA) is 83.7 Å². The number of furan rings is 1. The van der Waals surface area contributed by atoms with Crippen molar-refractivity contribution in [3.63, 3.8) is 0 Å². The van der Waals surface area contributed by atoms with Gasteiger partial charge in [-0.3, -0.25) is 0 Å². The third kappa shape index (κ3) is 5.55. The van der Waals surface area contributed by atoms with Crippen LogP contribution in [-0.4, -0.2) is 36.4 Å². The van der Waals surface area contributed by atoms with Gasteiger partial charge in [0.1, 0.15) is 11.9 Å². The summed E-state index contributed by atoms with van der Waals surface area (Å²) < 4.78 is 10.7. The first-order chi connectivity index (χ1) is 11.1. The van der Waals surface area contributed by atoms with Gasteiger partial charge < -0.3 is 24.9 Å². The first kappa shape index (κ1) is 17.8. The number of methoxy groups -OCH3 is 1. The van der Waals surface area contributed by atoms with E-state index in [9.17, 15) is 9.90 Å². The van der Waals surface area contributed by atoms with E-state index in [0.717, 1.165) is 25.7 Å². The Morgan fingerprint density at radius 1 is 1.43 bits per heavy atom. The molecule has 0 radical (unpaired) electrons. The van der Waals surface area contributed by atoms with Gasteiger partial charge in [0.05, 0.1) is 18.4 Å². The van der Waals surface area contributed by atoms with E-state index in [-0.39, 0.29) is 24.2 Å². The largest absolute Gasteiger partial charge is 0.467 e. The number of amides is 2. The average Bonchev–Trinajstić information content (AvgIpc) is 2.95. The molecule has 1 saturated carbocycles. The summed E-state index contributed by atoms with van der Waals surface area (Å²) in [4.78, 5) is 12.2. The van der Waals surface area contributed by atoms with Crippen molar-refractivity contribution in [2.24, 2.45) is 0 Å². The predicted octanol–water partition coefficient (Wildman–Crippen LogP) is 2.74. The molecule has 4 atom stereocenters. The molecule has 0 unspecified atom stereocenters. The zero-order chi connectivity index (χ0) is 16.7. The summed E-state index contributed by atoms with van der Waals surface area (Å²) in [6, 6.07) is 3.14. The van der Waals surface area contributed by atoms with Crippen LogP contribution < -0.4 is 10.6 Å². The highest BCUT2D eigenvalue weighted by atomic mass is 16.5. The number of aliphatic hydroxyl groups excluding tert-OH is 1. The Labute approximate surface area is 137 Å². The van der Waals surface area contributed by atoms with Gasteiger partial charge in [-0.2, -0.15) is 0 Å². The lowest BCUT2D eigenvalue weighted by molar-refractivity contribution is 0.0656. The number of ether oxygens (including phenoxy) is 1. The van der Waals surface area contributed by atoms with E-state index < -0.39 is 6.10 Å². The quantitative estimate of drug-likeness (QED) is 0.703. The summed E-state index contributed by atoms with van der Waals surface area (Å²) in [6.07, 6.45) is 6.65. The summed E-state index contributed by atoms with van der Waals surface area (Å²) >= 11 is 0. The van der Waals surface area contributed by atoms with Gasteiger partial charge in [0.25, 0.3) is 0 Å². The molecule has 1 fully saturated rings. The molecule has 2 rings (SSSR count). The minimum atomic E-state index is -0.718. The number of carbonyl (C=O) groups is 1. The normalized spacial score (nSPS) is 24.5. The third-order valence-electron chi connectivity index (χ3n) is 4.40. The third-order valence-corrected chi connectivity index (χ3v) is 4.40. The van der Waals surface area contributed by atoms with Crippen LogP contribution in [0.2, 0.25) is 0 Å². The van der Waals surface area contributed by atoms with E-state index in [1.54, 1.807) is 19.2 Å². The van der Waals surface area contributed by atoms with Crippen LogP contribution in [0.5, 0.6) is 0 Å². The molecule has 3 N–H and O–H groups in total. The van der Waals surface area contributed by atoms with Crippen molar-refractivity contribution < 1.29 is 19.1 Å². The number of urea groups is 1. The van der Waals surface area contributed by atoms with Gasteiger partial charge >= 0.3 is 6.03 Å². The molecule has 6 heteroatoms. The standard InChI is InChI=1S/C17H28N2O4/c1-12(11-14(20)16-9-6-10-23-16)18-17(21)19-13-7-4-3-5-8-15(13)22-2/h6,9-10,12-15,20H,3-5,7-8,11H2,1-2H3,(H2,18,19,21)/t12-,13-,14-,15+/m0/s1. The smallest absolute Gasteiger partial charge is 0.315 e. The summed E-state index contributed by atoms with van der Waals surface area (Å²) in [5.74, 6) is 0.516. The SMILES string of the molecule is CO[C@@H]1CCCCC[C@@H]1NC(=O)N[C@@H](C)C[C@H](O)c1ccco1. The van der Waals surface area contributed by atoms with E-state index >= 15 is 0 Å². The van der Waals surface area contributed by atoms with Crippen molar-refractivity contribution in [2.75, 3.05) is 7.11 Å². The molecule has 0 saturated heterocycles. The zero-order valence-electron chi connectivity index (χ0n) is 14.0.